The van der Waals surface area contributed by atoms with Crippen LogP contribution in [0.4, 0.5) is 0 Å². The predicted molar refractivity (Wildman–Crippen MR) is 93.6 cm³/mol. The first-order valence-electron chi connectivity index (χ1n) is 7.41. The van der Waals surface area contributed by atoms with Crippen molar-refractivity contribution in [2.75, 3.05) is 14.2 Å². The summed E-state index contributed by atoms with van der Waals surface area (Å²) in [5.74, 6) is 2.29. The van der Waals surface area contributed by atoms with Crippen molar-refractivity contribution >= 4 is 11.8 Å². The van der Waals surface area contributed by atoms with Gasteiger partial charge in [-0.25, -0.2) is 0 Å². The van der Waals surface area contributed by atoms with E-state index in [1.807, 2.05) is 24.3 Å². The third kappa shape index (κ3) is 3.92. The van der Waals surface area contributed by atoms with Gasteiger partial charge in [-0.1, -0.05) is 23.9 Å². The van der Waals surface area contributed by atoms with E-state index in [1.54, 1.807) is 32.4 Å². The van der Waals surface area contributed by atoms with Gasteiger partial charge in [0.2, 0.25) is 5.89 Å². The molecule has 3 aromatic rings. The summed E-state index contributed by atoms with van der Waals surface area (Å²) in [6.07, 6.45) is 0. The number of nitriles is 1. The minimum absolute atomic E-state index is 0.411. The molecule has 1 heterocycles. The van der Waals surface area contributed by atoms with E-state index in [-0.39, 0.29) is 0 Å². The largest absolute Gasteiger partial charge is 0.493 e. The monoisotopic (exact) mass is 353 g/mol. The van der Waals surface area contributed by atoms with Crippen molar-refractivity contribution in [1.82, 2.24) is 10.2 Å². The summed E-state index contributed by atoms with van der Waals surface area (Å²) in [4.78, 5) is 0. The zero-order valence-corrected chi connectivity index (χ0v) is 14.5. The molecule has 0 atom stereocenters. The molecule has 0 N–H and O–H groups in total. The molecule has 2 aromatic carbocycles. The average molecular weight is 353 g/mol. The Morgan fingerprint density at radius 2 is 1.92 bits per heavy atom. The highest BCUT2D eigenvalue weighted by Crippen LogP contribution is 2.33. The highest BCUT2D eigenvalue weighted by atomic mass is 32.2. The lowest BCUT2D eigenvalue weighted by Gasteiger charge is -2.07. The molecule has 0 unspecified atom stereocenters. The molecule has 25 heavy (non-hydrogen) atoms. The Bertz CT molecular complexity index is 918. The van der Waals surface area contributed by atoms with Gasteiger partial charge in [-0.05, 0) is 35.9 Å². The minimum Gasteiger partial charge on any atom is -0.493 e. The van der Waals surface area contributed by atoms with Gasteiger partial charge in [-0.2, -0.15) is 5.26 Å². The second-order valence-corrected chi connectivity index (χ2v) is 5.97. The molecule has 0 saturated carbocycles. The number of nitrogens with zero attached hydrogens (tertiary/aromatic N) is 3. The highest BCUT2D eigenvalue weighted by molar-refractivity contribution is 7.98. The lowest BCUT2D eigenvalue weighted by atomic mass is 10.2. The van der Waals surface area contributed by atoms with Crippen LogP contribution in [-0.4, -0.2) is 24.4 Å². The molecule has 0 fully saturated rings. The molecule has 0 aliphatic rings. The molecule has 126 valence electrons. The van der Waals surface area contributed by atoms with Gasteiger partial charge in [-0.15, -0.1) is 10.2 Å². The molecule has 7 heteroatoms. The molecule has 0 bridgehead atoms. The molecular weight excluding hydrogens is 338 g/mol. The first kappa shape index (κ1) is 16.9. The fourth-order valence-electron chi connectivity index (χ4n) is 2.23. The van der Waals surface area contributed by atoms with Crippen LogP contribution in [0.3, 0.4) is 0 Å². The van der Waals surface area contributed by atoms with Crippen LogP contribution in [-0.2, 0) is 5.75 Å². The Morgan fingerprint density at radius 1 is 1.08 bits per heavy atom. The lowest BCUT2D eigenvalue weighted by molar-refractivity contribution is 0.355. The van der Waals surface area contributed by atoms with Crippen LogP contribution >= 0.6 is 11.8 Å². The van der Waals surface area contributed by atoms with Crippen molar-refractivity contribution in [1.29, 1.82) is 5.26 Å². The minimum atomic E-state index is 0.411. The molecule has 0 amide bonds. The third-order valence-corrected chi connectivity index (χ3v) is 4.34. The molecule has 1 aromatic heterocycles. The van der Waals surface area contributed by atoms with Gasteiger partial charge in [0, 0.05) is 11.3 Å². The zero-order chi connectivity index (χ0) is 17.6. The van der Waals surface area contributed by atoms with E-state index in [2.05, 4.69) is 16.3 Å². The van der Waals surface area contributed by atoms with Crippen molar-refractivity contribution in [3.8, 4) is 29.0 Å². The summed E-state index contributed by atoms with van der Waals surface area (Å²) in [5, 5.41) is 17.5. The maximum atomic E-state index is 8.94. The lowest BCUT2D eigenvalue weighted by Crippen LogP contribution is -1.90. The van der Waals surface area contributed by atoms with Gasteiger partial charge in [0.25, 0.3) is 5.22 Å². The second-order valence-electron chi connectivity index (χ2n) is 5.04. The van der Waals surface area contributed by atoms with Crippen molar-refractivity contribution < 1.29 is 13.9 Å². The summed E-state index contributed by atoms with van der Waals surface area (Å²) >= 11 is 1.42. The van der Waals surface area contributed by atoms with E-state index in [0.717, 1.165) is 11.1 Å². The van der Waals surface area contributed by atoms with E-state index in [4.69, 9.17) is 19.2 Å². The third-order valence-electron chi connectivity index (χ3n) is 3.46. The number of benzene rings is 2. The van der Waals surface area contributed by atoms with Crippen LogP contribution < -0.4 is 9.47 Å². The van der Waals surface area contributed by atoms with E-state index in [1.165, 1.54) is 11.8 Å². The molecule has 6 nitrogen and oxygen atoms in total. The molecule has 0 spiro atoms. The molecule has 0 radical (unpaired) electrons. The Hall–Kier alpha value is -2.98. The number of rotatable bonds is 6. The predicted octanol–water partition coefficient (Wildman–Crippen LogP) is 3.92. The topological polar surface area (TPSA) is 81.2 Å². The molecule has 0 saturated heterocycles. The Kier molecular flexibility index (Phi) is 5.21. The summed E-state index contributed by atoms with van der Waals surface area (Å²) in [6, 6.07) is 15.0. The normalized spacial score (nSPS) is 10.3. The van der Waals surface area contributed by atoms with Crippen LogP contribution in [0.15, 0.2) is 52.1 Å². The summed E-state index contributed by atoms with van der Waals surface area (Å²) < 4.78 is 16.2. The van der Waals surface area contributed by atoms with Crippen molar-refractivity contribution in [3.05, 3.63) is 53.6 Å². The van der Waals surface area contributed by atoms with E-state index in [9.17, 15) is 0 Å². The Balaban J connectivity index is 1.73. The van der Waals surface area contributed by atoms with Crippen LogP contribution in [0, 0.1) is 11.3 Å². The summed E-state index contributed by atoms with van der Waals surface area (Å²) in [7, 11) is 3.16. The quantitative estimate of drug-likeness (QED) is 0.621. The second kappa shape index (κ2) is 7.73. The van der Waals surface area contributed by atoms with Gasteiger partial charge < -0.3 is 13.9 Å². The summed E-state index contributed by atoms with van der Waals surface area (Å²) in [5.41, 5.74) is 2.41. The van der Waals surface area contributed by atoms with E-state index < -0.39 is 0 Å². The number of ether oxygens (including phenoxy) is 2. The summed E-state index contributed by atoms with van der Waals surface area (Å²) in [6.45, 7) is 0. The van der Waals surface area contributed by atoms with E-state index in [0.29, 0.717) is 33.9 Å². The van der Waals surface area contributed by atoms with E-state index >= 15 is 0 Å². The highest BCUT2D eigenvalue weighted by Gasteiger charge is 2.12. The zero-order valence-electron chi connectivity index (χ0n) is 13.7. The molecule has 3 rings (SSSR count). The van der Waals surface area contributed by atoms with Crippen LogP contribution in [0.1, 0.15) is 11.1 Å². The fraction of sp³-hybridized carbons (Fsp3) is 0.167. The number of thioether (sulfide) groups is 1. The van der Waals surface area contributed by atoms with Crippen molar-refractivity contribution in [2.45, 2.75) is 11.0 Å². The Morgan fingerprint density at radius 3 is 2.68 bits per heavy atom. The molecular formula is C18H15N3O3S. The number of hydrogen-bond acceptors (Lipinski definition) is 7. The van der Waals surface area contributed by atoms with Gasteiger partial charge in [0.05, 0.1) is 25.9 Å². The van der Waals surface area contributed by atoms with Crippen LogP contribution in [0.5, 0.6) is 11.5 Å². The van der Waals surface area contributed by atoms with Crippen molar-refractivity contribution in [3.63, 3.8) is 0 Å². The van der Waals surface area contributed by atoms with Crippen LogP contribution in [0.2, 0.25) is 0 Å². The first-order valence-corrected chi connectivity index (χ1v) is 8.40. The number of hydrogen-bond donors (Lipinski definition) is 0. The molecule has 0 aliphatic carbocycles. The maximum Gasteiger partial charge on any atom is 0.277 e. The first-order chi connectivity index (χ1) is 12.2. The van der Waals surface area contributed by atoms with Crippen molar-refractivity contribution in [2.24, 2.45) is 0 Å². The average Bonchev–Trinajstić information content (AvgIpc) is 3.15. The van der Waals surface area contributed by atoms with Gasteiger partial charge in [0.1, 0.15) is 0 Å². The molecule has 0 aliphatic heterocycles. The van der Waals surface area contributed by atoms with Crippen LogP contribution in [0.25, 0.3) is 11.5 Å². The fourth-order valence-corrected chi connectivity index (χ4v) is 2.94. The Labute approximate surface area is 149 Å². The number of methoxy groups -OCH3 is 2. The SMILES string of the molecule is COc1ccc(-c2nnc(SCc3cccc(C#N)c3)o2)cc1OC. The van der Waals surface area contributed by atoms with Gasteiger partial charge in [-0.3, -0.25) is 0 Å². The van der Waals surface area contributed by atoms with Gasteiger partial charge >= 0.3 is 0 Å². The van der Waals surface area contributed by atoms with Gasteiger partial charge in [0.15, 0.2) is 11.5 Å². The smallest absolute Gasteiger partial charge is 0.277 e. The number of aromatic nitrogens is 2. The maximum absolute atomic E-state index is 8.94. The standard InChI is InChI=1S/C18H15N3O3S/c1-22-15-7-6-14(9-16(15)23-2)17-20-21-18(24-17)25-11-13-5-3-4-12(8-13)10-19/h3-9H,11H2,1-2H3.